The maximum atomic E-state index is 9.82. The molecule has 2 aromatic rings. The summed E-state index contributed by atoms with van der Waals surface area (Å²) in [6.45, 7) is 2.92. The molecular formula is C16H18ClNO3. The van der Waals surface area contributed by atoms with E-state index in [2.05, 4.69) is 5.32 Å². The second-order valence-electron chi connectivity index (χ2n) is 4.39. The van der Waals surface area contributed by atoms with Gasteiger partial charge in [-0.2, -0.15) is 0 Å². The Morgan fingerprint density at radius 3 is 2.67 bits per heavy atom. The van der Waals surface area contributed by atoms with Gasteiger partial charge in [0.15, 0.2) is 11.5 Å². The van der Waals surface area contributed by atoms with E-state index in [4.69, 9.17) is 21.1 Å². The summed E-state index contributed by atoms with van der Waals surface area (Å²) < 4.78 is 10.8. The van der Waals surface area contributed by atoms with Crippen molar-refractivity contribution >= 4 is 17.3 Å². The molecule has 0 bridgehead atoms. The third-order valence-electron chi connectivity index (χ3n) is 3.03. The summed E-state index contributed by atoms with van der Waals surface area (Å²) in [7, 11) is 1.60. The van der Waals surface area contributed by atoms with Crippen LogP contribution in [0, 0.1) is 0 Å². The Labute approximate surface area is 129 Å². The fourth-order valence-corrected chi connectivity index (χ4v) is 2.20. The van der Waals surface area contributed by atoms with Crippen molar-refractivity contribution < 1.29 is 14.6 Å². The highest BCUT2D eigenvalue weighted by Gasteiger charge is 2.08. The van der Waals surface area contributed by atoms with E-state index in [9.17, 15) is 5.11 Å². The number of aromatic hydroxyl groups is 1. The van der Waals surface area contributed by atoms with Crippen LogP contribution in [0.4, 0.5) is 5.69 Å². The Morgan fingerprint density at radius 2 is 2.00 bits per heavy atom. The van der Waals surface area contributed by atoms with Crippen LogP contribution in [0.15, 0.2) is 36.4 Å². The first kappa shape index (κ1) is 15.3. The summed E-state index contributed by atoms with van der Waals surface area (Å²) >= 11 is 6.08. The molecule has 0 saturated heterocycles. The normalized spacial score (nSPS) is 10.2. The maximum Gasteiger partial charge on any atom is 0.162 e. The van der Waals surface area contributed by atoms with E-state index in [0.29, 0.717) is 35.2 Å². The van der Waals surface area contributed by atoms with Crippen molar-refractivity contribution in [2.45, 2.75) is 13.5 Å². The monoisotopic (exact) mass is 307 g/mol. The minimum absolute atomic E-state index is 0.174. The van der Waals surface area contributed by atoms with Gasteiger partial charge >= 0.3 is 0 Å². The Balaban J connectivity index is 2.13. The fourth-order valence-electron chi connectivity index (χ4n) is 1.97. The van der Waals surface area contributed by atoms with Crippen molar-refractivity contribution in [1.82, 2.24) is 0 Å². The quantitative estimate of drug-likeness (QED) is 0.845. The van der Waals surface area contributed by atoms with Gasteiger partial charge in [-0.1, -0.05) is 17.7 Å². The van der Waals surface area contributed by atoms with Crippen LogP contribution in [0.3, 0.4) is 0 Å². The molecule has 112 valence electrons. The molecule has 0 aromatic heterocycles. The summed E-state index contributed by atoms with van der Waals surface area (Å²) in [5.74, 6) is 1.53. The molecule has 2 N–H and O–H groups in total. The molecular weight excluding hydrogens is 290 g/mol. The van der Waals surface area contributed by atoms with Gasteiger partial charge in [-0.25, -0.2) is 0 Å². The highest BCUT2D eigenvalue weighted by atomic mass is 35.5. The first-order valence-corrected chi connectivity index (χ1v) is 7.04. The molecule has 0 fully saturated rings. The Bertz CT molecular complexity index is 596. The Morgan fingerprint density at radius 1 is 1.19 bits per heavy atom. The zero-order valence-corrected chi connectivity index (χ0v) is 12.8. The third kappa shape index (κ3) is 3.73. The van der Waals surface area contributed by atoms with Gasteiger partial charge in [-0.05, 0) is 31.2 Å². The van der Waals surface area contributed by atoms with Gasteiger partial charge < -0.3 is 19.9 Å². The first-order valence-electron chi connectivity index (χ1n) is 6.66. The van der Waals surface area contributed by atoms with Crippen molar-refractivity contribution in [3.05, 3.63) is 47.0 Å². The van der Waals surface area contributed by atoms with Gasteiger partial charge in [-0.15, -0.1) is 0 Å². The maximum absolute atomic E-state index is 9.82. The van der Waals surface area contributed by atoms with E-state index in [1.165, 1.54) is 0 Å². The van der Waals surface area contributed by atoms with E-state index in [1.54, 1.807) is 25.3 Å². The number of hydrogen-bond acceptors (Lipinski definition) is 4. The number of rotatable bonds is 6. The summed E-state index contributed by atoms with van der Waals surface area (Å²) in [4.78, 5) is 0. The largest absolute Gasteiger partial charge is 0.508 e. The number of hydrogen-bond donors (Lipinski definition) is 2. The molecule has 0 heterocycles. The number of halogens is 1. The molecule has 4 nitrogen and oxygen atoms in total. The van der Waals surface area contributed by atoms with Crippen LogP contribution < -0.4 is 14.8 Å². The number of ether oxygens (including phenoxy) is 2. The molecule has 0 unspecified atom stereocenters. The average molecular weight is 308 g/mol. The van der Waals surface area contributed by atoms with E-state index < -0.39 is 0 Å². The summed E-state index contributed by atoms with van der Waals surface area (Å²) in [6, 6.07) is 10.7. The fraction of sp³-hybridized carbons (Fsp3) is 0.250. The van der Waals surface area contributed by atoms with Crippen LogP contribution in [0.1, 0.15) is 12.5 Å². The zero-order chi connectivity index (χ0) is 15.2. The minimum atomic E-state index is 0.174. The molecule has 0 aliphatic heterocycles. The van der Waals surface area contributed by atoms with Gasteiger partial charge in [0, 0.05) is 28.9 Å². The lowest BCUT2D eigenvalue weighted by atomic mass is 10.2. The predicted octanol–water partition coefficient (Wildman–Crippen LogP) is 4.07. The molecule has 0 radical (unpaired) electrons. The van der Waals surface area contributed by atoms with Crippen LogP contribution in [-0.2, 0) is 6.54 Å². The zero-order valence-electron chi connectivity index (χ0n) is 12.0. The van der Waals surface area contributed by atoms with Crippen LogP contribution >= 0.6 is 11.6 Å². The van der Waals surface area contributed by atoms with Crippen molar-refractivity contribution in [3.8, 4) is 17.2 Å². The van der Waals surface area contributed by atoms with Crippen molar-refractivity contribution in [1.29, 1.82) is 0 Å². The van der Waals surface area contributed by atoms with Crippen molar-refractivity contribution in [2.75, 3.05) is 19.0 Å². The van der Waals surface area contributed by atoms with Gasteiger partial charge in [0.1, 0.15) is 5.75 Å². The lowest BCUT2D eigenvalue weighted by Crippen LogP contribution is -2.02. The van der Waals surface area contributed by atoms with Gasteiger partial charge in [0.25, 0.3) is 0 Å². The molecule has 0 aliphatic rings. The standard InChI is InChI=1S/C16H18ClNO3/c1-3-21-15-8-7-11(9-16(15)20-2)18-10-12-13(17)5-4-6-14(12)19/h4-9,18-19H,3,10H2,1-2H3. The van der Waals surface area contributed by atoms with Crippen LogP contribution in [-0.4, -0.2) is 18.8 Å². The Kier molecular flexibility index (Phi) is 5.17. The van der Waals surface area contributed by atoms with E-state index in [-0.39, 0.29) is 5.75 Å². The summed E-state index contributed by atoms with van der Waals surface area (Å²) in [5.41, 5.74) is 1.52. The molecule has 0 aliphatic carbocycles. The lowest BCUT2D eigenvalue weighted by Gasteiger charge is -2.13. The second kappa shape index (κ2) is 7.09. The highest BCUT2D eigenvalue weighted by Crippen LogP contribution is 2.31. The minimum Gasteiger partial charge on any atom is -0.508 e. The predicted molar refractivity (Wildman–Crippen MR) is 84.6 cm³/mol. The number of benzene rings is 2. The molecule has 21 heavy (non-hydrogen) atoms. The van der Waals surface area contributed by atoms with Crippen LogP contribution in [0.25, 0.3) is 0 Å². The number of nitrogens with one attached hydrogen (secondary N) is 1. The molecule has 0 atom stereocenters. The van der Waals surface area contributed by atoms with Crippen LogP contribution in [0.2, 0.25) is 5.02 Å². The van der Waals surface area contributed by atoms with Gasteiger partial charge in [0.2, 0.25) is 0 Å². The van der Waals surface area contributed by atoms with Crippen molar-refractivity contribution in [2.24, 2.45) is 0 Å². The molecule has 2 rings (SSSR count). The smallest absolute Gasteiger partial charge is 0.162 e. The van der Waals surface area contributed by atoms with Gasteiger partial charge in [-0.3, -0.25) is 0 Å². The Hall–Kier alpha value is -2.07. The lowest BCUT2D eigenvalue weighted by molar-refractivity contribution is 0.311. The van der Waals surface area contributed by atoms with Crippen molar-refractivity contribution in [3.63, 3.8) is 0 Å². The average Bonchev–Trinajstić information content (AvgIpc) is 2.48. The molecule has 5 heteroatoms. The molecule has 0 spiro atoms. The topological polar surface area (TPSA) is 50.7 Å². The molecule has 2 aromatic carbocycles. The summed E-state index contributed by atoms with van der Waals surface area (Å²) in [6.07, 6.45) is 0. The van der Waals surface area contributed by atoms with E-state index in [0.717, 1.165) is 5.69 Å². The summed E-state index contributed by atoms with van der Waals surface area (Å²) in [5, 5.41) is 13.5. The van der Waals surface area contributed by atoms with E-state index >= 15 is 0 Å². The third-order valence-corrected chi connectivity index (χ3v) is 3.38. The second-order valence-corrected chi connectivity index (χ2v) is 4.80. The number of phenolic OH excluding ortho intramolecular Hbond substituents is 1. The number of phenols is 1. The number of methoxy groups -OCH3 is 1. The molecule has 0 amide bonds. The SMILES string of the molecule is CCOc1ccc(NCc2c(O)cccc2Cl)cc1OC. The van der Waals surface area contributed by atoms with E-state index in [1.807, 2.05) is 25.1 Å². The van der Waals surface area contributed by atoms with Gasteiger partial charge in [0.05, 0.1) is 13.7 Å². The first-order chi connectivity index (χ1) is 10.2. The number of anilines is 1. The van der Waals surface area contributed by atoms with Crippen LogP contribution in [0.5, 0.6) is 17.2 Å². The molecule has 0 saturated carbocycles. The highest BCUT2D eigenvalue weighted by molar-refractivity contribution is 6.31.